The van der Waals surface area contributed by atoms with Crippen LogP contribution >= 0.6 is 0 Å². The largest absolute Gasteiger partial charge is 0.462 e. The molecule has 0 aliphatic heterocycles. The van der Waals surface area contributed by atoms with Crippen molar-refractivity contribution in [1.29, 1.82) is 0 Å². The van der Waals surface area contributed by atoms with Gasteiger partial charge in [-0.3, -0.25) is 0 Å². The summed E-state index contributed by atoms with van der Waals surface area (Å²) < 4.78 is 17.4. The molecule has 0 unspecified atom stereocenters. The Morgan fingerprint density at radius 3 is 2.29 bits per heavy atom. The molecule has 0 radical (unpaired) electrons. The van der Waals surface area contributed by atoms with Crippen molar-refractivity contribution < 1.29 is 28.6 Å². The maximum atomic E-state index is 12.6. The van der Waals surface area contributed by atoms with E-state index in [1.165, 1.54) is 0 Å². The van der Waals surface area contributed by atoms with Crippen LogP contribution < -0.4 is 5.32 Å². The molecule has 0 aliphatic rings. The Morgan fingerprint density at radius 1 is 1.03 bits per heavy atom. The summed E-state index contributed by atoms with van der Waals surface area (Å²) >= 11 is 0. The molecule has 0 aliphatic carbocycles. The Morgan fingerprint density at radius 2 is 1.68 bits per heavy atom. The Labute approximate surface area is 182 Å². The maximum absolute atomic E-state index is 12.6. The van der Waals surface area contributed by atoms with Crippen molar-refractivity contribution in [2.45, 2.75) is 59.6 Å². The van der Waals surface area contributed by atoms with Crippen LogP contribution in [-0.4, -0.2) is 48.0 Å². The zero-order valence-electron chi connectivity index (χ0n) is 19.1. The summed E-state index contributed by atoms with van der Waals surface area (Å²) in [7, 11) is 0. The van der Waals surface area contributed by atoms with Gasteiger partial charge in [0.05, 0.1) is 18.8 Å². The number of carbonyl (C=O) groups is 3. The van der Waals surface area contributed by atoms with E-state index in [4.69, 9.17) is 14.2 Å². The summed E-state index contributed by atoms with van der Waals surface area (Å²) in [5.74, 6) is -0.864. The van der Waals surface area contributed by atoms with E-state index in [0.717, 1.165) is 10.9 Å². The number of alkyl carbamates (subject to hydrolysis) is 1. The minimum Gasteiger partial charge on any atom is -0.462 e. The smallest absolute Gasteiger partial charge is 0.407 e. The minimum atomic E-state index is -0.576. The lowest BCUT2D eigenvalue weighted by Crippen LogP contribution is -2.33. The van der Waals surface area contributed by atoms with E-state index in [-0.39, 0.29) is 19.3 Å². The van der Waals surface area contributed by atoms with Gasteiger partial charge in [0, 0.05) is 23.5 Å². The van der Waals surface area contributed by atoms with Crippen LogP contribution in [0.2, 0.25) is 0 Å². The molecule has 0 fully saturated rings. The van der Waals surface area contributed by atoms with Crippen LogP contribution in [0.15, 0.2) is 24.3 Å². The molecule has 2 rings (SSSR count). The van der Waals surface area contributed by atoms with Gasteiger partial charge in [-0.2, -0.15) is 0 Å². The molecular formula is C23H32N2O6. The fourth-order valence-corrected chi connectivity index (χ4v) is 3.23. The second-order valence-corrected chi connectivity index (χ2v) is 8.18. The first-order valence-electron chi connectivity index (χ1n) is 10.5. The quantitative estimate of drug-likeness (QED) is 0.488. The number of esters is 2. The van der Waals surface area contributed by atoms with E-state index in [1.807, 2.05) is 11.5 Å². The molecule has 1 aromatic heterocycles. The highest BCUT2D eigenvalue weighted by atomic mass is 16.6. The van der Waals surface area contributed by atoms with Crippen LogP contribution in [0.25, 0.3) is 10.9 Å². The van der Waals surface area contributed by atoms with Crippen molar-refractivity contribution in [3.63, 3.8) is 0 Å². The number of amides is 1. The number of aromatic nitrogens is 1. The maximum Gasteiger partial charge on any atom is 0.407 e. The summed E-state index contributed by atoms with van der Waals surface area (Å²) in [6, 6.07) is 6.76. The van der Waals surface area contributed by atoms with Crippen LogP contribution in [0, 0.1) is 0 Å². The third-order valence-corrected chi connectivity index (χ3v) is 4.51. The Balaban J connectivity index is 2.31. The highest BCUT2D eigenvalue weighted by Crippen LogP contribution is 2.28. The van der Waals surface area contributed by atoms with Gasteiger partial charge in [0.15, 0.2) is 0 Å². The first kappa shape index (κ1) is 24.2. The zero-order chi connectivity index (χ0) is 23.2. The van der Waals surface area contributed by atoms with Crippen molar-refractivity contribution >= 4 is 28.9 Å². The topological polar surface area (TPSA) is 95.9 Å². The van der Waals surface area contributed by atoms with Gasteiger partial charge in [0.25, 0.3) is 0 Å². The fraction of sp³-hybridized carbons (Fsp3) is 0.522. The standard InChI is InChI=1S/C23H32N2O6/c1-7-29-20(26)17-10-9-16-13-19(21(27)30-8-2)25(18(16)14-17)15(3)11-12-24-22(28)31-23(4,5)6/h9-10,13-15H,7-8,11-12H2,1-6H3,(H,24,28)/t15-/m1/s1. The third-order valence-electron chi connectivity index (χ3n) is 4.51. The third kappa shape index (κ3) is 6.47. The number of fused-ring (bicyclic) bond motifs is 1. The highest BCUT2D eigenvalue weighted by molar-refractivity contribution is 5.99. The molecule has 1 atom stereocenters. The van der Waals surface area contributed by atoms with Crippen molar-refractivity contribution in [2.24, 2.45) is 0 Å². The minimum absolute atomic E-state index is 0.163. The van der Waals surface area contributed by atoms with Crippen molar-refractivity contribution in [3.8, 4) is 0 Å². The van der Waals surface area contributed by atoms with E-state index in [0.29, 0.717) is 24.2 Å². The van der Waals surface area contributed by atoms with Crippen LogP contribution in [-0.2, 0) is 14.2 Å². The van der Waals surface area contributed by atoms with Crippen molar-refractivity contribution in [1.82, 2.24) is 9.88 Å². The summed E-state index contributed by atoms with van der Waals surface area (Å²) in [4.78, 5) is 36.7. The van der Waals surface area contributed by atoms with Gasteiger partial charge in [0.2, 0.25) is 0 Å². The normalized spacial score (nSPS) is 12.3. The van der Waals surface area contributed by atoms with E-state index >= 15 is 0 Å². The summed E-state index contributed by atoms with van der Waals surface area (Å²) in [6.45, 7) is 11.7. The van der Waals surface area contributed by atoms with Gasteiger partial charge >= 0.3 is 18.0 Å². The average Bonchev–Trinajstić information content (AvgIpc) is 3.05. The van der Waals surface area contributed by atoms with Gasteiger partial charge < -0.3 is 24.1 Å². The lowest BCUT2D eigenvalue weighted by atomic mass is 10.1. The Kier molecular flexibility index (Phi) is 8.08. The number of carbonyl (C=O) groups excluding carboxylic acids is 3. The van der Waals surface area contributed by atoms with Gasteiger partial charge in [0.1, 0.15) is 11.3 Å². The van der Waals surface area contributed by atoms with Crippen LogP contribution in [0.3, 0.4) is 0 Å². The zero-order valence-corrected chi connectivity index (χ0v) is 19.1. The fourth-order valence-electron chi connectivity index (χ4n) is 3.23. The number of nitrogens with zero attached hydrogens (tertiary/aromatic N) is 1. The molecule has 0 saturated carbocycles. The SMILES string of the molecule is CCOC(=O)c1ccc2cc(C(=O)OCC)n([C@H](C)CCNC(=O)OC(C)(C)C)c2c1. The molecule has 1 amide bonds. The van der Waals surface area contributed by atoms with Gasteiger partial charge in [-0.05, 0) is 66.2 Å². The Bertz CT molecular complexity index is 941. The second kappa shape index (κ2) is 10.3. The average molecular weight is 433 g/mol. The van der Waals surface area contributed by atoms with Crippen LogP contribution in [0.5, 0.6) is 0 Å². The van der Waals surface area contributed by atoms with Gasteiger partial charge in [-0.15, -0.1) is 0 Å². The van der Waals surface area contributed by atoms with E-state index in [2.05, 4.69) is 5.32 Å². The molecule has 0 spiro atoms. The van der Waals surface area contributed by atoms with E-state index in [9.17, 15) is 14.4 Å². The van der Waals surface area contributed by atoms with E-state index in [1.54, 1.807) is 58.9 Å². The molecule has 31 heavy (non-hydrogen) atoms. The number of hydrogen-bond donors (Lipinski definition) is 1. The first-order chi connectivity index (χ1) is 14.6. The van der Waals surface area contributed by atoms with Crippen molar-refractivity contribution in [3.05, 3.63) is 35.5 Å². The highest BCUT2D eigenvalue weighted by Gasteiger charge is 2.22. The molecule has 1 aromatic carbocycles. The first-order valence-corrected chi connectivity index (χ1v) is 10.5. The number of hydrogen-bond acceptors (Lipinski definition) is 6. The van der Waals surface area contributed by atoms with Crippen LogP contribution in [0.4, 0.5) is 4.79 Å². The molecule has 1 heterocycles. The lowest BCUT2D eigenvalue weighted by molar-refractivity contribution is 0.0500. The molecule has 8 heteroatoms. The molecule has 2 aromatic rings. The van der Waals surface area contributed by atoms with Gasteiger partial charge in [-0.25, -0.2) is 14.4 Å². The molecule has 8 nitrogen and oxygen atoms in total. The predicted octanol–water partition coefficient (Wildman–Crippen LogP) is 4.47. The van der Waals surface area contributed by atoms with Gasteiger partial charge in [-0.1, -0.05) is 6.07 Å². The Hall–Kier alpha value is -3.03. The summed E-state index contributed by atoms with van der Waals surface area (Å²) in [5.41, 5.74) is 0.941. The molecule has 0 saturated heterocycles. The predicted molar refractivity (Wildman–Crippen MR) is 117 cm³/mol. The number of ether oxygens (including phenoxy) is 3. The molecule has 170 valence electrons. The summed E-state index contributed by atoms with van der Waals surface area (Å²) in [6.07, 6.45) is 0.0475. The molecule has 0 bridgehead atoms. The number of benzene rings is 1. The lowest BCUT2D eigenvalue weighted by Gasteiger charge is -2.21. The molecular weight excluding hydrogens is 400 g/mol. The number of rotatable bonds is 8. The monoisotopic (exact) mass is 432 g/mol. The van der Waals surface area contributed by atoms with Crippen molar-refractivity contribution in [2.75, 3.05) is 19.8 Å². The summed E-state index contributed by atoms with van der Waals surface area (Å²) in [5, 5.41) is 3.54. The molecule has 1 N–H and O–H groups in total. The second-order valence-electron chi connectivity index (χ2n) is 8.18. The van der Waals surface area contributed by atoms with E-state index < -0.39 is 23.6 Å². The van der Waals surface area contributed by atoms with Crippen LogP contribution in [0.1, 0.15) is 74.9 Å². The number of nitrogens with one attached hydrogen (secondary N) is 1.